The number of hydrogen-bond acceptors (Lipinski definition) is 5. The number of ether oxygens (including phenoxy) is 2. The number of morpholine rings is 1. The first-order valence-electron chi connectivity index (χ1n) is 10.6. The third-order valence-electron chi connectivity index (χ3n) is 5.45. The number of nitrogens with one attached hydrogen (secondary N) is 2. The van der Waals surface area contributed by atoms with Crippen LogP contribution in [0.2, 0.25) is 0 Å². The van der Waals surface area contributed by atoms with Gasteiger partial charge in [-0.05, 0) is 48.9 Å². The van der Waals surface area contributed by atoms with E-state index in [1.807, 2.05) is 18.4 Å². The minimum absolute atomic E-state index is 0. The minimum atomic E-state index is 0. The summed E-state index contributed by atoms with van der Waals surface area (Å²) in [6.45, 7) is 8.52. The number of benzene rings is 1. The highest BCUT2D eigenvalue weighted by Gasteiger charge is 2.26. The third kappa shape index (κ3) is 7.62. The van der Waals surface area contributed by atoms with Crippen molar-refractivity contribution in [3.63, 3.8) is 0 Å². The third-order valence-corrected chi connectivity index (χ3v) is 6.42. The van der Waals surface area contributed by atoms with Crippen molar-refractivity contribution in [2.45, 2.75) is 32.4 Å². The average molecular weight is 559 g/mol. The molecule has 172 valence electrons. The van der Waals surface area contributed by atoms with Gasteiger partial charge in [0.15, 0.2) is 5.96 Å². The number of thiophene rings is 1. The molecule has 0 spiro atoms. The molecule has 0 amide bonds. The highest BCUT2D eigenvalue weighted by molar-refractivity contribution is 14.0. The van der Waals surface area contributed by atoms with Crippen LogP contribution >= 0.6 is 35.3 Å². The van der Waals surface area contributed by atoms with Crippen molar-refractivity contribution in [1.82, 2.24) is 15.5 Å². The highest BCUT2D eigenvalue weighted by Crippen LogP contribution is 2.26. The van der Waals surface area contributed by atoms with Gasteiger partial charge in [-0.3, -0.25) is 9.89 Å². The Labute approximate surface area is 207 Å². The topological polar surface area (TPSA) is 58.1 Å². The summed E-state index contributed by atoms with van der Waals surface area (Å²) in [6.07, 6.45) is 1.18. The molecular weight excluding hydrogens is 523 g/mol. The first-order valence-corrected chi connectivity index (χ1v) is 11.5. The number of hydrogen-bond donors (Lipinski definition) is 2. The van der Waals surface area contributed by atoms with Gasteiger partial charge >= 0.3 is 0 Å². The molecule has 0 saturated carbocycles. The Bertz CT molecular complexity index is 816. The van der Waals surface area contributed by atoms with Gasteiger partial charge in [0.1, 0.15) is 5.75 Å². The average Bonchev–Trinajstić information content (AvgIpc) is 3.28. The van der Waals surface area contributed by atoms with Crippen LogP contribution in [0.4, 0.5) is 0 Å². The van der Waals surface area contributed by atoms with Crippen LogP contribution in [0.5, 0.6) is 5.75 Å². The molecule has 1 aromatic heterocycles. The predicted octanol–water partition coefficient (Wildman–Crippen LogP) is 3.85. The van der Waals surface area contributed by atoms with Crippen LogP contribution in [0.1, 0.15) is 29.0 Å². The lowest BCUT2D eigenvalue weighted by molar-refractivity contribution is -0.0334. The van der Waals surface area contributed by atoms with Crippen molar-refractivity contribution < 1.29 is 9.47 Å². The molecule has 8 heteroatoms. The Morgan fingerprint density at radius 3 is 2.87 bits per heavy atom. The predicted molar refractivity (Wildman–Crippen MR) is 140 cm³/mol. The normalized spacial score (nSPS) is 18.2. The van der Waals surface area contributed by atoms with Gasteiger partial charge in [-0.15, -0.1) is 35.3 Å². The van der Waals surface area contributed by atoms with Gasteiger partial charge in [-0.1, -0.05) is 18.2 Å². The molecule has 6 nitrogen and oxygen atoms in total. The molecular formula is C23H35IN4O2S. The maximum absolute atomic E-state index is 5.74. The lowest BCUT2D eigenvalue weighted by Gasteiger charge is -2.37. The molecule has 2 aromatic rings. The molecule has 1 aliphatic heterocycles. The second-order valence-corrected chi connectivity index (χ2v) is 8.62. The largest absolute Gasteiger partial charge is 0.496 e. The van der Waals surface area contributed by atoms with E-state index >= 15 is 0 Å². The van der Waals surface area contributed by atoms with E-state index < -0.39 is 0 Å². The molecule has 31 heavy (non-hydrogen) atoms. The van der Waals surface area contributed by atoms with Gasteiger partial charge in [0.2, 0.25) is 0 Å². The molecule has 1 fully saturated rings. The molecule has 1 aromatic carbocycles. The van der Waals surface area contributed by atoms with Crippen LogP contribution in [0.3, 0.4) is 0 Å². The van der Waals surface area contributed by atoms with Crippen molar-refractivity contribution >= 4 is 41.3 Å². The standard InChI is InChI=1S/C23H34N4O2S.HI/c1-17-7-8-19(14-21(17)28-4)9-10-25-23(24-3)26-15-20(22-6-5-13-30-22)27-11-12-29-18(2)16-27;/h5-8,13-14,18,20H,9-12,15-16H2,1-4H3,(H2,24,25,26);1H. The lowest BCUT2D eigenvalue weighted by Crippen LogP contribution is -2.48. The minimum Gasteiger partial charge on any atom is -0.496 e. The zero-order valence-electron chi connectivity index (χ0n) is 18.9. The fourth-order valence-electron chi connectivity index (χ4n) is 3.78. The number of aryl methyl sites for hydroxylation is 1. The maximum atomic E-state index is 5.74. The zero-order valence-corrected chi connectivity index (χ0v) is 22.0. The van der Waals surface area contributed by atoms with Crippen LogP contribution in [0.25, 0.3) is 0 Å². The van der Waals surface area contributed by atoms with Crippen LogP contribution in [0.15, 0.2) is 40.7 Å². The van der Waals surface area contributed by atoms with Gasteiger partial charge in [-0.25, -0.2) is 0 Å². The Hall–Kier alpha value is -1.36. The number of nitrogens with zero attached hydrogens (tertiary/aromatic N) is 2. The monoisotopic (exact) mass is 558 g/mol. The van der Waals surface area contributed by atoms with Gasteiger partial charge in [0.25, 0.3) is 0 Å². The summed E-state index contributed by atoms with van der Waals surface area (Å²) in [6, 6.07) is 11.0. The Balaban J connectivity index is 0.00000341. The van der Waals surface area contributed by atoms with E-state index in [4.69, 9.17) is 9.47 Å². The molecule has 2 unspecified atom stereocenters. The first-order chi connectivity index (χ1) is 14.6. The quantitative estimate of drug-likeness (QED) is 0.293. The summed E-state index contributed by atoms with van der Waals surface area (Å²) in [5.74, 6) is 1.77. The lowest BCUT2D eigenvalue weighted by atomic mass is 10.1. The van der Waals surface area contributed by atoms with E-state index in [2.05, 4.69) is 70.1 Å². The van der Waals surface area contributed by atoms with Crippen LogP contribution in [0, 0.1) is 6.92 Å². The summed E-state index contributed by atoms with van der Waals surface area (Å²) in [5, 5.41) is 9.11. The highest BCUT2D eigenvalue weighted by atomic mass is 127. The van der Waals surface area contributed by atoms with E-state index in [1.54, 1.807) is 7.11 Å². The smallest absolute Gasteiger partial charge is 0.191 e. The van der Waals surface area contributed by atoms with Crippen LogP contribution < -0.4 is 15.4 Å². The molecule has 2 atom stereocenters. The van der Waals surface area contributed by atoms with Gasteiger partial charge in [0.05, 0.1) is 25.9 Å². The van der Waals surface area contributed by atoms with Crippen molar-refractivity contribution in [1.29, 1.82) is 0 Å². The van der Waals surface area contributed by atoms with Crippen molar-refractivity contribution in [3.05, 3.63) is 51.7 Å². The van der Waals surface area contributed by atoms with Crippen molar-refractivity contribution in [3.8, 4) is 5.75 Å². The Morgan fingerprint density at radius 1 is 1.35 bits per heavy atom. The number of guanidine groups is 1. The van der Waals surface area contributed by atoms with Crippen LogP contribution in [-0.2, 0) is 11.2 Å². The first kappa shape index (κ1) is 25.9. The number of rotatable bonds is 8. The molecule has 0 bridgehead atoms. The molecule has 2 heterocycles. The van der Waals surface area contributed by atoms with Gasteiger partial charge in [-0.2, -0.15) is 0 Å². The zero-order chi connectivity index (χ0) is 21.3. The number of methoxy groups -OCH3 is 1. The molecule has 2 N–H and O–H groups in total. The van der Waals surface area contributed by atoms with Gasteiger partial charge in [0, 0.05) is 38.1 Å². The Morgan fingerprint density at radius 2 is 2.19 bits per heavy atom. The summed E-state index contributed by atoms with van der Waals surface area (Å²) in [4.78, 5) is 8.30. The van der Waals surface area contributed by atoms with E-state index in [-0.39, 0.29) is 30.1 Å². The number of halogens is 1. The fraction of sp³-hybridized carbons (Fsp3) is 0.522. The second-order valence-electron chi connectivity index (χ2n) is 7.64. The van der Waals surface area contributed by atoms with E-state index in [1.165, 1.54) is 10.4 Å². The molecule has 0 radical (unpaired) electrons. The maximum Gasteiger partial charge on any atom is 0.191 e. The summed E-state index contributed by atoms with van der Waals surface area (Å²) in [5.41, 5.74) is 2.41. The fourth-order valence-corrected chi connectivity index (χ4v) is 4.64. The van der Waals surface area contributed by atoms with E-state index in [0.29, 0.717) is 6.04 Å². The SMILES string of the molecule is CN=C(NCCc1ccc(C)c(OC)c1)NCC(c1cccs1)N1CCOC(C)C1.I. The van der Waals surface area contributed by atoms with E-state index in [9.17, 15) is 0 Å². The van der Waals surface area contributed by atoms with Gasteiger partial charge < -0.3 is 20.1 Å². The molecule has 1 saturated heterocycles. The van der Waals surface area contributed by atoms with Crippen LogP contribution in [-0.4, -0.2) is 63.9 Å². The molecule has 0 aliphatic carbocycles. The summed E-state index contributed by atoms with van der Waals surface area (Å²) >= 11 is 1.81. The summed E-state index contributed by atoms with van der Waals surface area (Å²) < 4.78 is 11.2. The molecule has 1 aliphatic rings. The second kappa shape index (κ2) is 13.2. The summed E-state index contributed by atoms with van der Waals surface area (Å²) in [7, 11) is 3.54. The Kier molecular flexibility index (Phi) is 11.1. The number of aliphatic imine (C=N–C) groups is 1. The van der Waals surface area contributed by atoms with E-state index in [0.717, 1.165) is 56.5 Å². The van der Waals surface area contributed by atoms with Crippen molar-refractivity contribution in [2.24, 2.45) is 4.99 Å². The van der Waals surface area contributed by atoms with Crippen molar-refractivity contribution in [2.75, 3.05) is 46.9 Å². The molecule has 3 rings (SSSR count).